The zero-order chi connectivity index (χ0) is 20.4. The van der Waals surface area contributed by atoms with Gasteiger partial charge in [0, 0.05) is 13.1 Å². The Labute approximate surface area is 179 Å². The monoisotopic (exact) mass is 425 g/mol. The summed E-state index contributed by atoms with van der Waals surface area (Å²) in [5.74, 6) is 0. The number of fused-ring (bicyclic) bond motifs is 1. The van der Waals surface area contributed by atoms with Crippen molar-refractivity contribution >= 4 is 34.2 Å². The van der Waals surface area contributed by atoms with Gasteiger partial charge in [0.15, 0.2) is 0 Å². The Bertz CT molecular complexity index is 1180. The highest BCUT2D eigenvalue weighted by Crippen LogP contribution is 2.27. The summed E-state index contributed by atoms with van der Waals surface area (Å²) >= 11 is 12.2. The van der Waals surface area contributed by atoms with E-state index < -0.39 is 0 Å². The van der Waals surface area contributed by atoms with Crippen LogP contribution in [0.1, 0.15) is 11.1 Å². The van der Waals surface area contributed by atoms with E-state index in [-0.39, 0.29) is 5.69 Å². The first-order chi connectivity index (χ1) is 14.0. The minimum absolute atomic E-state index is 0.217. The molecule has 29 heavy (non-hydrogen) atoms. The molecular formula is C23H21Cl2N3O. The number of rotatable bonds is 6. The quantitative estimate of drug-likeness (QED) is 0.455. The first-order valence-corrected chi connectivity index (χ1v) is 10.2. The van der Waals surface area contributed by atoms with Crippen molar-refractivity contribution in [1.82, 2.24) is 14.5 Å². The molecule has 6 heteroatoms. The Morgan fingerprint density at radius 1 is 0.931 bits per heavy atom. The fourth-order valence-electron chi connectivity index (χ4n) is 3.46. The molecule has 1 N–H and O–H groups in total. The van der Waals surface area contributed by atoms with Gasteiger partial charge in [0.25, 0.3) is 0 Å². The van der Waals surface area contributed by atoms with E-state index in [0.29, 0.717) is 21.1 Å². The standard InChI is InChI=1S/C23H21Cl2N3O/c1-27(12-11-16-5-3-2-4-6-16)15-17-7-9-18(10-8-17)28-22-14-20(25)19(24)13-21(22)26-23(28)29/h2-10,13-14H,11-12,15H2,1H3,(H,26,29). The number of nitrogens with zero attached hydrogens (tertiary/aromatic N) is 2. The number of halogens is 2. The normalized spacial score (nSPS) is 11.4. The Morgan fingerprint density at radius 2 is 1.62 bits per heavy atom. The van der Waals surface area contributed by atoms with Crippen molar-refractivity contribution in [3.8, 4) is 5.69 Å². The highest BCUT2D eigenvalue weighted by molar-refractivity contribution is 6.42. The zero-order valence-corrected chi connectivity index (χ0v) is 17.5. The molecule has 0 spiro atoms. The summed E-state index contributed by atoms with van der Waals surface area (Å²) in [6.07, 6.45) is 1.02. The summed E-state index contributed by atoms with van der Waals surface area (Å²) in [7, 11) is 2.12. The number of benzene rings is 3. The van der Waals surface area contributed by atoms with E-state index in [1.165, 1.54) is 11.1 Å². The molecule has 0 amide bonds. The minimum atomic E-state index is -0.217. The highest BCUT2D eigenvalue weighted by Gasteiger charge is 2.12. The molecular weight excluding hydrogens is 405 g/mol. The molecule has 0 atom stereocenters. The zero-order valence-electron chi connectivity index (χ0n) is 16.0. The fourth-order valence-corrected chi connectivity index (χ4v) is 3.79. The number of hydrogen-bond acceptors (Lipinski definition) is 2. The van der Waals surface area contributed by atoms with Gasteiger partial charge in [0.2, 0.25) is 0 Å². The minimum Gasteiger partial charge on any atom is -0.305 e. The van der Waals surface area contributed by atoms with E-state index >= 15 is 0 Å². The molecule has 0 radical (unpaired) electrons. The molecule has 0 aliphatic heterocycles. The van der Waals surface area contributed by atoms with Crippen LogP contribution < -0.4 is 5.69 Å². The molecule has 0 unspecified atom stereocenters. The van der Waals surface area contributed by atoms with Crippen molar-refractivity contribution in [3.63, 3.8) is 0 Å². The third-order valence-electron chi connectivity index (χ3n) is 5.00. The summed E-state index contributed by atoms with van der Waals surface area (Å²) in [6.45, 7) is 1.82. The van der Waals surface area contributed by atoms with Gasteiger partial charge < -0.3 is 9.88 Å². The SMILES string of the molecule is CN(CCc1ccccc1)Cc1ccc(-n2c(=O)[nH]c3cc(Cl)c(Cl)cc32)cc1. The van der Waals surface area contributed by atoms with Crippen molar-refractivity contribution in [2.24, 2.45) is 0 Å². The van der Waals surface area contributed by atoms with Crippen LogP contribution in [0.15, 0.2) is 71.5 Å². The number of likely N-dealkylation sites (N-methyl/N-ethyl adjacent to an activating group) is 1. The van der Waals surface area contributed by atoms with Gasteiger partial charge in [-0.15, -0.1) is 0 Å². The number of hydrogen-bond donors (Lipinski definition) is 1. The maximum absolute atomic E-state index is 12.5. The number of imidazole rings is 1. The van der Waals surface area contributed by atoms with Gasteiger partial charge in [-0.2, -0.15) is 0 Å². The number of aromatic amines is 1. The predicted molar refractivity (Wildman–Crippen MR) is 120 cm³/mol. The third-order valence-corrected chi connectivity index (χ3v) is 5.72. The molecule has 0 bridgehead atoms. The second-order valence-corrected chi connectivity index (χ2v) is 8.00. The van der Waals surface area contributed by atoms with Crippen molar-refractivity contribution < 1.29 is 0 Å². The summed E-state index contributed by atoms with van der Waals surface area (Å²) in [4.78, 5) is 17.6. The largest absolute Gasteiger partial charge is 0.331 e. The van der Waals surface area contributed by atoms with Crippen LogP contribution in [0.2, 0.25) is 10.0 Å². The number of aromatic nitrogens is 2. The topological polar surface area (TPSA) is 41.0 Å². The molecule has 4 aromatic rings. The Kier molecular flexibility index (Phi) is 5.76. The number of nitrogens with one attached hydrogen (secondary N) is 1. The van der Waals surface area contributed by atoms with E-state index in [2.05, 4.69) is 53.3 Å². The molecule has 0 saturated carbocycles. The third kappa shape index (κ3) is 4.40. The van der Waals surface area contributed by atoms with Crippen LogP contribution in [0.4, 0.5) is 0 Å². The van der Waals surface area contributed by atoms with Crippen molar-refractivity contribution in [3.05, 3.63) is 98.4 Å². The smallest absolute Gasteiger partial charge is 0.305 e. The van der Waals surface area contributed by atoms with E-state index in [1.54, 1.807) is 16.7 Å². The van der Waals surface area contributed by atoms with Gasteiger partial charge in [-0.3, -0.25) is 4.57 Å². The van der Waals surface area contributed by atoms with Gasteiger partial charge in [-0.25, -0.2) is 4.79 Å². The van der Waals surface area contributed by atoms with Crippen LogP contribution in [0.25, 0.3) is 16.7 Å². The van der Waals surface area contributed by atoms with Gasteiger partial charge in [0.05, 0.1) is 26.8 Å². The lowest BCUT2D eigenvalue weighted by Crippen LogP contribution is -2.20. The molecule has 0 aliphatic rings. The molecule has 0 fully saturated rings. The Morgan fingerprint density at radius 3 is 2.34 bits per heavy atom. The molecule has 1 heterocycles. The summed E-state index contributed by atoms with van der Waals surface area (Å²) in [5, 5.41) is 0.838. The van der Waals surface area contributed by atoms with Gasteiger partial charge in [-0.05, 0) is 48.9 Å². The average Bonchev–Trinajstić information content (AvgIpc) is 3.03. The second kappa shape index (κ2) is 8.46. The van der Waals surface area contributed by atoms with Gasteiger partial charge in [-0.1, -0.05) is 65.7 Å². The van der Waals surface area contributed by atoms with Crippen LogP contribution in [0, 0.1) is 0 Å². The maximum atomic E-state index is 12.5. The molecule has 1 aromatic heterocycles. The summed E-state index contributed by atoms with van der Waals surface area (Å²) < 4.78 is 1.61. The Balaban J connectivity index is 1.50. The van der Waals surface area contributed by atoms with Crippen molar-refractivity contribution in [1.29, 1.82) is 0 Å². The number of H-pyrrole nitrogens is 1. The van der Waals surface area contributed by atoms with Crippen LogP contribution in [0.3, 0.4) is 0 Å². The van der Waals surface area contributed by atoms with Crippen LogP contribution in [0.5, 0.6) is 0 Å². The van der Waals surface area contributed by atoms with Crippen molar-refractivity contribution in [2.75, 3.05) is 13.6 Å². The van der Waals surface area contributed by atoms with E-state index in [9.17, 15) is 4.79 Å². The lowest BCUT2D eigenvalue weighted by molar-refractivity contribution is 0.331. The van der Waals surface area contributed by atoms with Crippen LogP contribution in [-0.4, -0.2) is 28.0 Å². The van der Waals surface area contributed by atoms with E-state index in [0.717, 1.165) is 25.2 Å². The molecule has 3 aromatic carbocycles. The molecule has 0 aliphatic carbocycles. The maximum Gasteiger partial charge on any atom is 0.331 e. The van der Waals surface area contributed by atoms with E-state index in [1.807, 2.05) is 18.2 Å². The van der Waals surface area contributed by atoms with Gasteiger partial charge in [0.1, 0.15) is 0 Å². The lowest BCUT2D eigenvalue weighted by Gasteiger charge is -2.17. The molecule has 4 nitrogen and oxygen atoms in total. The highest BCUT2D eigenvalue weighted by atomic mass is 35.5. The fraction of sp³-hybridized carbons (Fsp3) is 0.174. The van der Waals surface area contributed by atoms with Crippen LogP contribution in [-0.2, 0) is 13.0 Å². The second-order valence-electron chi connectivity index (χ2n) is 7.19. The lowest BCUT2D eigenvalue weighted by atomic mass is 10.1. The summed E-state index contributed by atoms with van der Waals surface area (Å²) in [5.41, 5.74) is 4.47. The van der Waals surface area contributed by atoms with Crippen LogP contribution >= 0.6 is 23.2 Å². The molecule has 0 saturated heterocycles. The predicted octanol–water partition coefficient (Wildman–Crippen LogP) is 5.30. The van der Waals surface area contributed by atoms with Crippen molar-refractivity contribution in [2.45, 2.75) is 13.0 Å². The first kappa shape index (κ1) is 19.8. The first-order valence-electron chi connectivity index (χ1n) is 9.43. The molecule has 148 valence electrons. The summed E-state index contributed by atoms with van der Waals surface area (Å²) in [6, 6.07) is 21.9. The molecule has 4 rings (SSSR count). The average molecular weight is 426 g/mol. The van der Waals surface area contributed by atoms with E-state index in [4.69, 9.17) is 23.2 Å². The Hall–Kier alpha value is -2.53. The van der Waals surface area contributed by atoms with Gasteiger partial charge >= 0.3 is 5.69 Å².